The molecular weight excluding hydrogens is 314 g/mol. The van der Waals surface area contributed by atoms with Crippen LogP contribution in [0.3, 0.4) is 0 Å². The second-order valence-corrected chi connectivity index (χ2v) is 5.59. The number of hydrogen-bond donors (Lipinski definition) is 1. The molecule has 5 nitrogen and oxygen atoms in total. The summed E-state index contributed by atoms with van der Waals surface area (Å²) in [6.07, 6.45) is 2.51. The minimum absolute atomic E-state index is 0.104. The molecule has 3 aromatic rings. The van der Waals surface area contributed by atoms with Crippen LogP contribution in [0.1, 0.15) is 23.7 Å². The molecule has 0 saturated heterocycles. The van der Waals surface area contributed by atoms with Crippen LogP contribution < -0.4 is 5.32 Å². The van der Waals surface area contributed by atoms with Crippen LogP contribution in [-0.4, -0.2) is 35.6 Å². The van der Waals surface area contributed by atoms with Gasteiger partial charge in [-0.3, -0.25) is 9.78 Å². The van der Waals surface area contributed by atoms with E-state index < -0.39 is 0 Å². The third kappa shape index (κ3) is 4.19. The van der Waals surface area contributed by atoms with Gasteiger partial charge in [-0.2, -0.15) is 0 Å². The molecule has 0 aliphatic rings. The van der Waals surface area contributed by atoms with Crippen molar-refractivity contribution in [2.75, 3.05) is 19.8 Å². The predicted octanol–water partition coefficient (Wildman–Crippen LogP) is 3.45. The fraction of sp³-hybridized carbons (Fsp3) is 0.250. The number of rotatable bonds is 7. The molecule has 2 heterocycles. The zero-order valence-electron chi connectivity index (χ0n) is 14.2. The van der Waals surface area contributed by atoms with Gasteiger partial charge in [-0.1, -0.05) is 24.3 Å². The van der Waals surface area contributed by atoms with Crippen molar-refractivity contribution in [1.29, 1.82) is 0 Å². The summed E-state index contributed by atoms with van der Waals surface area (Å²) in [5.41, 5.74) is 2.84. The first-order valence-electron chi connectivity index (χ1n) is 8.46. The average molecular weight is 335 g/mol. The van der Waals surface area contributed by atoms with E-state index in [4.69, 9.17) is 4.74 Å². The van der Waals surface area contributed by atoms with Crippen LogP contribution in [0.2, 0.25) is 0 Å². The SMILES string of the molecule is CCOCCCNC(=O)c1cc(-c2ccccn2)nc2ccccc12. The van der Waals surface area contributed by atoms with Crippen molar-refractivity contribution in [3.8, 4) is 11.4 Å². The molecule has 0 saturated carbocycles. The Morgan fingerprint density at radius 2 is 1.96 bits per heavy atom. The first-order chi connectivity index (χ1) is 12.3. The Hall–Kier alpha value is -2.79. The number of aromatic nitrogens is 2. The Labute approximate surface area is 147 Å². The highest BCUT2D eigenvalue weighted by molar-refractivity contribution is 6.07. The number of amides is 1. The Kier molecular flexibility index (Phi) is 5.69. The molecule has 0 fully saturated rings. The second-order valence-electron chi connectivity index (χ2n) is 5.59. The standard InChI is InChI=1S/C20H21N3O2/c1-2-25-13-7-12-22-20(24)16-14-19(18-10-5-6-11-21-18)23-17-9-4-3-8-15(16)17/h3-6,8-11,14H,2,7,12-13H2,1H3,(H,22,24). The number of nitrogens with one attached hydrogen (secondary N) is 1. The summed E-state index contributed by atoms with van der Waals surface area (Å²) >= 11 is 0. The maximum absolute atomic E-state index is 12.7. The fourth-order valence-corrected chi connectivity index (χ4v) is 2.62. The molecule has 3 rings (SSSR count). The third-order valence-corrected chi connectivity index (χ3v) is 3.84. The van der Waals surface area contributed by atoms with Crippen molar-refractivity contribution < 1.29 is 9.53 Å². The van der Waals surface area contributed by atoms with Gasteiger partial charge >= 0.3 is 0 Å². The van der Waals surface area contributed by atoms with Gasteiger partial charge in [-0.25, -0.2) is 4.98 Å². The van der Waals surface area contributed by atoms with Crippen LogP contribution in [-0.2, 0) is 4.74 Å². The van der Waals surface area contributed by atoms with E-state index in [9.17, 15) is 4.79 Å². The van der Waals surface area contributed by atoms with Gasteiger partial charge in [0.2, 0.25) is 0 Å². The number of pyridine rings is 2. The highest BCUT2D eigenvalue weighted by Gasteiger charge is 2.13. The molecule has 25 heavy (non-hydrogen) atoms. The molecule has 2 aromatic heterocycles. The predicted molar refractivity (Wildman–Crippen MR) is 98.4 cm³/mol. The van der Waals surface area contributed by atoms with Gasteiger partial charge in [-0.15, -0.1) is 0 Å². The summed E-state index contributed by atoms with van der Waals surface area (Å²) in [6.45, 7) is 3.87. The van der Waals surface area contributed by atoms with E-state index in [1.165, 1.54) is 0 Å². The lowest BCUT2D eigenvalue weighted by atomic mass is 10.1. The average Bonchev–Trinajstić information content (AvgIpc) is 2.67. The third-order valence-electron chi connectivity index (χ3n) is 3.84. The molecule has 1 N–H and O–H groups in total. The molecule has 1 aromatic carbocycles. The van der Waals surface area contributed by atoms with Gasteiger partial charge < -0.3 is 10.1 Å². The van der Waals surface area contributed by atoms with E-state index in [0.29, 0.717) is 31.0 Å². The molecule has 0 aliphatic carbocycles. The first-order valence-corrected chi connectivity index (χ1v) is 8.46. The molecule has 1 amide bonds. The van der Waals surface area contributed by atoms with Crippen LogP contribution in [0.5, 0.6) is 0 Å². The zero-order valence-corrected chi connectivity index (χ0v) is 14.2. The molecule has 0 unspecified atom stereocenters. The lowest BCUT2D eigenvalue weighted by Crippen LogP contribution is -2.25. The normalized spacial score (nSPS) is 10.8. The summed E-state index contributed by atoms with van der Waals surface area (Å²) in [6, 6.07) is 15.1. The van der Waals surface area contributed by atoms with Gasteiger partial charge in [0.15, 0.2) is 0 Å². The van der Waals surface area contributed by atoms with Crippen molar-refractivity contribution in [2.45, 2.75) is 13.3 Å². The Bertz CT molecular complexity index is 850. The number of hydrogen-bond acceptors (Lipinski definition) is 4. The van der Waals surface area contributed by atoms with E-state index in [0.717, 1.165) is 23.0 Å². The summed E-state index contributed by atoms with van der Waals surface area (Å²) in [7, 11) is 0. The first kappa shape index (κ1) is 17.0. The van der Waals surface area contributed by atoms with Crippen molar-refractivity contribution in [1.82, 2.24) is 15.3 Å². The van der Waals surface area contributed by atoms with E-state index in [-0.39, 0.29) is 5.91 Å². The van der Waals surface area contributed by atoms with Gasteiger partial charge in [0.1, 0.15) is 0 Å². The highest BCUT2D eigenvalue weighted by Crippen LogP contribution is 2.23. The molecule has 0 spiro atoms. The smallest absolute Gasteiger partial charge is 0.252 e. The number of carbonyl (C=O) groups is 1. The molecule has 0 aliphatic heterocycles. The quantitative estimate of drug-likeness (QED) is 0.672. The zero-order chi connectivity index (χ0) is 17.5. The molecule has 5 heteroatoms. The van der Waals surface area contributed by atoms with Gasteiger partial charge in [0.25, 0.3) is 5.91 Å². The minimum atomic E-state index is -0.104. The lowest BCUT2D eigenvalue weighted by Gasteiger charge is -2.10. The van der Waals surface area contributed by atoms with E-state index in [2.05, 4.69) is 15.3 Å². The Balaban J connectivity index is 1.89. The largest absolute Gasteiger partial charge is 0.382 e. The molecule has 0 bridgehead atoms. The Morgan fingerprint density at radius 3 is 2.76 bits per heavy atom. The van der Waals surface area contributed by atoms with Gasteiger partial charge in [0, 0.05) is 31.3 Å². The Morgan fingerprint density at radius 1 is 1.12 bits per heavy atom. The topological polar surface area (TPSA) is 64.1 Å². The number of fused-ring (bicyclic) bond motifs is 1. The number of nitrogens with zero attached hydrogens (tertiary/aromatic N) is 2. The molecular formula is C20H21N3O2. The summed E-state index contributed by atoms with van der Waals surface area (Å²) in [5, 5.41) is 3.80. The fourth-order valence-electron chi connectivity index (χ4n) is 2.62. The van der Waals surface area contributed by atoms with E-state index in [1.54, 1.807) is 6.20 Å². The van der Waals surface area contributed by atoms with Gasteiger partial charge in [0.05, 0.1) is 22.5 Å². The van der Waals surface area contributed by atoms with Crippen LogP contribution >= 0.6 is 0 Å². The number of benzene rings is 1. The highest BCUT2D eigenvalue weighted by atomic mass is 16.5. The van der Waals surface area contributed by atoms with Crippen LogP contribution in [0.4, 0.5) is 0 Å². The number of ether oxygens (including phenoxy) is 1. The van der Waals surface area contributed by atoms with Crippen LogP contribution in [0, 0.1) is 0 Å². The monoisotopic (exact) mass is 335 g/mol. The maximum Gasteiger partial charge on any atom is 0.252 e. The maximum atomic E-state index is 12.7. The summed E-state index contributed by atoms with van der Waals surface area (Å²) in [5.74, 6) is -0.104. The minimum Gasteiger partial charge on any atom is -0.382 e. The van der Waals surface area contributed by atoms with Crippen molar-refractivity contribution in [3.05, 3.63) is 60.3 Å². The van der Waals surface area contributed by atoms with Crippen molar-refractivity contribution in [2.24, 2.45) is 0 Å². The molecule has 0 atom stereocenters. The number of para-hydroxylation sites is 1. The van der Waals surface area contributed by atoms with E-state index >= 15 is 0 Å². The number of carbonyl (C=O) groups excluding carboxylic acids is 1. The van der Waals surface area contributed by atoms with Crippen LogP contribution in [0.25, 0.3) is 22.3 Å². The van der Waals surface area contributed by atoms with Crippen LogP contribution in [0.15, 0.2) is 54.7 Å². The molecule has 0 radical (unpaired) electrons. The summed E-state index contributed by atoms with van der Waals surface area (Å²) < 4.78 is 5.30. The molecule has 128 valence electrons. The van der Waals surface area contributed by atoms with Gasteiger partial charge in [-0.05, 0) is 37.6 Å². The van der Waals surface area contributed by atoms with Crippen molar-refractivity contribution >= 4 is 16.8 Å². The van der Waals surface area contributed by atoms with E-state index in [1.807, 2.05) is 55.5 Å². The second kappa shape index (κ2) is 8.35. The summed E-state index contributed by atoms with van der Waals surface area (Å²) in [4.78, 5) is 21.7. The lowest BCUT2D eigenvalue weighted by molar-refractivity contribution is 0.0946. The van der Waals surface area contributed by atoms with Crippen molar-refractivity contribution in [3.63, 3.8) is 0 Å².